The summed E-state index contributed by atoms with van der Waals surface area (Å²) in [7, 11) is 0. The molecule has 0 spiro atoms. The number of hydrogen-bond donors (Lipinski definition) is 3. The van der Waals surface area contributed by atoms with Crippen molar-refractivity contribution < 1.29 is 14.0 Å². The molecule has 2 heterocycles. The number of fused-ring (bicyclic) bond motifs is 1. The number of benzene rings is 2. The van der Waals surface area contributed by atoms with Crippen LogP contribution in [0.5, 0.6) is 0 Å². The fraction of sp³-hybridized carbons (Fsp3) is 0.130. The molecule has 9 heteroatoms. The number of guanidine groups is 1. The summed E-state index contributed by atoms with van der Waals surface area (Å²) in [5.41, 5.74) is 13.4. The lowest BCUT2D eigenvalue weighted by molar-refractivity contribution is -0.125. The van der Waals surface area contributed by atoms with Crippen LogP contribution in [0.1, 0.15) is 33.1 Å². The minimum Gasteiger partial charge on any atom is -0.370 e. The molecule has 2 amide bonds. The molecule has 2 aromatic carbocycles. The normalized spacial score (nSPS) is 14.7. The highest BCUT2D eigenvalue weighted by atomic mass is 19.1. The van der Waals surface area contributed by atoms with Crippen LogP contribution in [-0.4, -0.2) is 27.7 Å². The van der Waals surface area contributed by atoms with Gasteiger partial charge in [0.2, 0.25) is 5.91 Å². The number of carbonyl (C=O) groups is 2. The molecule has 3 aromatic rings. The zero-order valence-electron chi connectivity index (χ0n) is 17.0. The second-order valence-corrected chi connectivity index (χ2v) is 7.33. The number of nitrogens with one attached hydrogen (secondary N) is 1. The summed E-state index contributed by atoms with van der Waals surface area (Å²) in [4.78, 5) is 35.8. The molecule has 1 aliphatic rings. The minimum atomic E-state index is -0.807. The molecule has 4 rings (SSSR count). The van der Waals surface area contributed by atoms with Crippen LogP contribution >= 0.6 is 0 Å². The van der Waals surface area contributed by atoms with E-state index in [1.807, 2.05) is 0 Å². The molecular weight excluding hydrogens is 411 g/mol. The first-order valence-electron chi connectivity index (χ1n) is 9.89. The minimum absolute atomic E-state index is 0.127. The predicted molar refractivity (Wildman–Crippen MR) is 117 cm³/mol. The molecule has 0 saturated carbocycles. The molecular formula is C23H21FN6O2. The lowest BCUT2D eigenvalue weighted by Crippen LogP contribution is -2.38. The summed E-state index contributed by atoms with van der Waals surface area (Å²) in [6, 6.07) is 15.5. The highest BCUT2D eigenvalue weighted by Gasteiger charge is 2.40. The molecule has 0 radical (unpaired) electrons. The molecule has 162 valence electrons. The van der Waals surface area contributed by atoms with Gasteiger partial charge in [-0.1, -0.05) is 30.3 Å². The Bertz CT molecular complexity index is 1190. The van der Waals surface area contributed by atoms with Crippen LogP contribution in [0.25, 0.3) is 0 Å². The predicted octanol–water partition coefficient (Wildman–Crippen LogP) is 2.14. The fourth-order valence-corrected chi connectivity index (χ4v) is 3.65. The van der Waals surface area contributed by atoms with Crippen molar-refractivity contribution in [2.45, 2.75) is 19.1 Å². The van der Waals surface area contributed by atoms with Gasteiger partial charge in [-0.15, -0.1) is 0 Å². The van der Waals surface area contributed by atoms with E-state index in [4.69, 9.17) is 11.5 Å². The van der Waals surface area contributed by atoms with E-state index in [1.165, 1.54) is 23.2 Å². The highest BCUT2D eigenvalue weighted by molar-refractivity contribution is 6.04. The van der Waals surface area contributed by atoms with E-state index in [9.17, 15) is 14.0 Å². The first kappa shape index (κ1) is 21.0. The second-order valence-electron chi connectivity index (χ2n) is 7.33. The van der Waals surface area contributed by atoms with E-state index in [-0.39, 0.29) is 36.7 Å². The molecule has 1 atom stereocenters. The molecule has 0 bridgehead atoms. The largest absolute Gasteiger partial charge is 0.370 e. The number of hydrogen-bond acceptors (Lipinski definition) is 4. The van der Waals surface area contributed by atoms with Gasteiger partial charge in [0, 0.05) is 24.8 Å². The lowest BCUT2D eigenvalue weighted by atomic mass is 10.0. The third-order valence-corrected chi connectivity index (χ3v) is 5.09. The van der Waals surface area contributed by atoms with Gasteiger partial charge in [-0.2, -0.15) is 4.99 Å². The maximum absolute atomic E-state index is 13.2. The van der Waals surface area contributed by atoms with Gasteiger partial charge < -0.3 is 21.7 Å². The Morgan fingerprint density at radius 1 is 1.09 bits per heavy atom. The van der Waals surface area contributed by atoms with Crippen LogP contribution < -0.4 is 16.8 Å². The van der Waals surface area contributed by atoms with Gasteiger partial charge in [0.25, 0.3) is 5.91 Å². The average molecular weight is 432 g/mol. The Labute approximate surface area is 183 Å². The quantitative estimate of drug-likeness (QED) is 0.406. The van der Waals surface area contributed by atoms with E-state index in [1.54, 1.807) is 48.5 Å². The monoisotopic (exact) mass is 432 g/mol. The Morgan fingerprint density at radius 2 is 1.84 bits per heavy atom. The molecule has 1 aliphatic heterocycles. The van der Waals surface area contributed by atoms with Crippen LogP contribution in [0, 0.1) is 5.82 Å². The van der Waals surface area contributed by atoms with Crippen LogP contribution in [0.2, 0.25) is 0 Å². The van der Waals surface area contributed by atoms with Crippen LogP contribution in [0.4, 0.5) is 10.2 Å². The van der Waals surface area contributed by atoms with E-state index in [0.29, 0.717) is 16.9 Å². The van der Waals surface area contributed by atoms with E-state index in [0.717, 1.165) is 11.1 Å². The number of aliphatic imine (C=N–C) groups is 1. The van der Waals surface area contributed by atoms with Crippen molar-refractivity contribution in [2.75, 3.05) is 0 Å². The second kappa shape index (κ2) is 8.84. The van der Waals surface area contributed by atoms with E-state index >= 15 is 0 Å². The van der Waals surface area contributed by atoms with Gasteiger partial charge in [0.15, 0.2) is 11.8 Å². The van der Waals surface area contributed by atoms with Gasteiger partial charge >= 0.3 is 0 Å². The standard InChI is InChI=1S/C23H21FN6O2/c24-16-7-5-14(6-8-16)12-28-21(31)20-17-3-1-2-4-18(17)22(32)30(20)13-15-9-10-27-19(11-15)29-23(25)26/h1-11,20H,12-13H2,(H,28,31)(H4,25,26,27,29). The summed E-state index contributed by atoms with van der Waals surface area (Å²) < 4.78 is 13.1. The van der Waals surface area contributed by atoms with Gasteiger partial charge in [-0.25, -0.2) is 9.37 Å². The molecule has 8 nitrogen and oxygen atoms in total. The Kier molecular flexibility index (Phi) is 5.80. The molecule has 1 unspecified atom stereocenters. The van der Waals surface area contributed by atoms with Crippen LogP contribution in [0.3, 0.4) is 0 Å². The van der Waals surface area contributed by atoms with Crippen LogP contribution in [-0.2, 0) is 17.9 Å². The zero-order valence-corrected chi connectivity index (χ0v) is 17.0. The van der Waals surface area contributed by atoms with Crippen molar-refractivity contribution >= 4 is 23.6 Å². The van der Waals surface area contributed by atoms with E-state index < -0.39 is 6.04 Å². The average Bonchev–Trinajstić information content (AvgIpc) is 3.05. The summed E-state index contributed by atoms with van der Waals surface area (Å²) in [5.74, 6) is -0.741. The number of nitrogens with two attached hydrogens (primary N) is 2. The van der Waals surface area contributed by atoms with Crippen LogP contribution in [0.15, 0.2) is 71.9 Å². The van der Waals surface area contributed by atoms with Crippen molar-refractivity contribution in [3.05, 3.63) is 94.9 Å². The third kappa shape index (κ3) is 4.41. The maximum Gasteiger partial charge on any atom is 0.255 e. The number of rotatable bonds is 6. The summed E-state index contributed by atoms with van der Waals surface area (Å²) in [5, 5.41) is 2.85. The summed E-state index contributed by atoms with van der Waals surface area (Å²) >= 11 is 0. The number of aromatic nitrogens is 1. The molecule has 0 saturated heterocycles. The van der Waals surface area contributed by atoms with Crippen molar-refractivity contribution in [1.82, 2.24) is 15.2 Å². The molecule has 1 aromatic heterocycles. The number of halogens is 1. The van der Waals surface area contributed by atoms with E-state index in [2.05, 4.69) is 15.3 Å². The fourth-order valence-electron chi connectivity index (χ4n) is 3.65. The van der Waals surface area contributed by atoms with Crippen molar-refractivity contribution in [1.29, 1.82) is 0 Å². The third-order valence-electron chi connectivity index (χ3n) is 5.09. The van der Waals surface area contributed by atoms with Crippen molar-refractivity contribution in [3.8, 4) is 0 Å². The number of pyridine rings is 1. The van der Waals surface area contributed by atoms with Gasteiger partial charge in [0.1, 0.15) is 11.9 Å². The topological polar surface area (TPSA) is 127 Å². The van der Waals surface area contributed by atoms with Gasteiger partial charge in [-0.05, 0) is 47.0 Å². The zero-order chi connectivity index (χ0) is 22.7. The number of carbonyl (C=O) groups excluding carboxylic acids is 2. The Morgan fingerprint density at radius 3 is 2.59 bits per heavy atom. The highest BCUT2D eigenvalue weighted by Crippen LogP contribution is 2.35. The first-order valence-corrected chi connectivity index (χ1v) is 9.89. The van der Waals surface area contributed by atoms with Crippen molar-refractivity contribution in [3.63, 3.8) is 0 Å². The molecule has 32 heavy (non-hydrogen) atoms. The van der Waals surface area contributed by atoms with Gasteiger partial charge in [-0.3, -0.25) is 9.59 Å². The molecule has 5 N–H and O–H groups in total. The smallest absolute Gasteiger partial charge is 0.255 e. The summed E-state index contributed by atoms with van der Waals surface area (Å²) in [6.07, 6.45) is 1.54. The SMILES string of the molecule is NC(N)=Nc1cc(CN2C(=O)c3ccccc3C2C(=O)NCc2ccc(F)cc2)ccn1. The van der Waals surface area contributed by atoms with Crippen molar-refractivity contribution in [2.24, 2.45) is 16.5 Å². The number of nitrogens with zero attached hydrogens (tertiary/aromatic N) is 3. The maximum atomic E-state index is 13.2. The number of amides is 2. The molecule has 0 aliphatic carbocycles. The Hall–Kier alpha value is -4.27. The summed E-state index contributed by atoms with van der Waals surface area (Å²) in [6.45, 7) is 0.376. The lowest BCUT2D eigenvalue weighted by Gasteiger charge is -2.25. The molecule has 0 fully saturated rings. The first-order chi connectivity index (χ1) is 15.4. The Balaban J connectivity index is 1.59. The van der Waals surface area contributed by atoms with Gasteiger partial charge in [0.05, 0.1) is 0 Å².